The van der Waals surface area contributed by atoms with E-state index in [0.29, 0.717) is 19.6 Å². The number of carbonyl (C=O) groups excluding carboxylic acids is 1. The van der Waals surface area contributed by atoms with Crippen LogP contribution < -0.4 is 16.0 Å². The highest BCUT2D eigenvalue weighted by atomic mass is 16.2. The molecule has 0 saturated heterocycles. The molecule has 2 aromatic carbocycles. The van der Waals surface area contributed by atoms with E-state index in [1.165, 1.54) is 5.56 Å². The predicted octanol–water partition coefficient (Wildman–Crippen LogP) is 2.05. The quantitative estimate of drug-likeness (QED) is 0.526. The van der Waals surface area contributed by atoms with E-state index in [9.17, 15) is 4.79 Å². The van der Waals surface area contributed by atoms with Crippen LogP contribution >= 0.6 is 0 Å². The van der Waals surface area contributed by atoms with Gasteiger partial charge in [-0.05, 0) is 37.4 Å². The van der Waals surface area contributed by atoms with Gasteiger partial charge in [0.25, 0.3) is 0 Å². The van der Waals surface area contributed by atoms with Crippen LogP contribution in [-0.2, 0) is 17.9 Å². The molecule has 0 bridgehead atoms. The molecule has 1 amide bonds. The Kier molecular flexibility index (Phi) is 7.64. The minimum absolute atomic E-state index is 0.0274. The van der Waals surface area contributed by atoms with E-state index in [4.69, 9.17) is 0 Å². The molecule has 2 aromatic rings. The SMILES string of the molecule is CN=C(NCc1ccccc1)NCc1cccc(NC(=O)CN(C)C)c1. The minimum Gasteiger partial charge on any atom is -0.352 e. The van der Waals surface area contributed by atoms with Crippen molar-refractivity contribution in [1.29, 1.82) is 0 Å². The number of guanidine groups is 1. The first kappa shape index (κ1) is 19.5. The summed E-state index contributed by atoms with van der Waals surface area (Å²) in [5.74, 6) is 0.705. The maximum atomic E-state index is 11.9. The van der Waals surface area contributed by atoms with Crippen molar-refractivity contribution < 1.29 is 4.79 Å². The second-order valence-electron chi connectivity index (χ2n) is 6.25. The van der Waals surface area contributed by atoms with Gasteiger partial charge in [0, 0.05) is 25.8 Å². The van der Waals surface area contributed by atoms with E-state index in [2.05, 4.69) is 33.1 Å². The van der Waals surface area contributed by atoms with Crippen molar-refractivity contribution in [2.75, 3.05) is 33.0 Å². The Bertz CT molecular complexity index is 728. The van der Waals surface area contributed by atoms with Crippen LogP contribution in [0.15, 0.2) is 59.6 Å². The third-order valence-corrected chi connectivity index (χ3v) is 3.66. The second-order valence-corrected chi connectivity index (χ2v) is 6.25. The average Bonchev–Trinajstić information content (AvgIpc) is 2.62. The van der Waals surface area contributed by atoms with Gasteiger partial charge in [-0.1, -0.05) is 42.5 Å². The van der Waals surface area contributed by atoms with Gasteiger partial charge < -0.3 is 20.9 Å². The lowest BCUT2D eigenvalue weighted by molar-refractivity contribution is -0.116. The first-order valence-electron chi connectivity index (χ1n) is 8.59. The Morgan fingerprint density at radius 1 is 0.962 bits per heavy atom. The topological polar surface area (TPSA) is 68.8 Å². The molecule has 6 nitrogen and oxygen atoms in total. The molecule has 26 heavy (non-hydrogen) atoms. The fourth-order valence-corrected chi connectivity index (χ4v) is 2.43. The largest absolute Gasteiger partial charge is 0.352 e. The number of likely N-dealkylation sites (N-methyl/N-ethyl adjacent to an activating group) is 1. The van der Waals surface area contributed by atoms with Crippen molar-refractivity contribution in [2.24, 2.45) is 4.99 Å². The highest BCUT2D eigenvalue weighted by molar-refractivity contribution is 5.92. The summed E-state index contributed by atoms with van der Waals surface area (Å²) >= 11 is 0. The number of hydrogen-bond donors (Lipinski definition) is 3. The van der Waals surface area contributed by atoms with E-state index < -0.39 is 0 Å². The maximum Gasteiger partial charge on any atom is 0.238 e. The van der Waals surface area contributed by atoms with Gasteiger partial charge in [0.2, 0.25) is 5.91 Å². The van der Waals surface area contributed by atoms with E-state index in [1.807, 2.05) is 61.5 Å². The second kappa shape index (κ2) is 10.2. The first-order chi connectivity index (χ1) is 12.6. The summed E-state index contributed by atoms with van der Waals surface area (Å²) in [6.07, 6.45) is 0. The van der Waals surface area contributed by atoms with Crippen LogP contribution in [0.3, 0.4) is 0 Å². The molecule has 138 valence electrons. The molecule has 3 N–H and O–H groups in total. The minimum atomic E-state index is -0.0274. The molecule has 0 unspecified atom stereocenters. The monoisotopic (exact) mass is 353 g/mol. The summed E-state index contributed by atoms with van der Waals surface area (Å²) in [4.78, 5) is 17.9. The molecule has 0 heterocycles. The Morgan fingerprint density at radius 3 is 2.27 bits per heavy atom. The highest BCUT2D eigenvalue weighted by Crippen LogP contribution is 2.10. The molecule has 0 aliphatic carbocycles. The molecule has 0 aliphatic rings. The summed E-state index contributed by atoms with van der Waals surface area (Å²) in [7, 11) is 5.49. The lowest BCUT2D eigenvalue weighted by atomic mass is 10.2. The molecule has 2 rings (SSSR count). The molecule has 0 atom stereocenters. The highest BCUT2D eigenvalue weighted by Gasteiger charge is 2.05. The van der Waals surface area contributed by atoms with Crippen LogP contribution in [0.1, 0.15) is 11.1 Å². The number of amides is 1. The molecular weight excluding hydrogens is 326 g/mol. The lowest BCUT2D eigenvalue weighted by Gasteiger charge is -2.13. The summed E-state index contributed by atoms with van der Waals surface area (Å²) in [6.45, 7) is 1.69. The number of aliphatic imine (C=N–C) groups is 1. The fourth-order valence-electron chi connectivity index (χ4n) is 2.43. The van der Waals surface area contributed by atoms with Crippen LogP contribution in [0, 0.1) is 0 Å². The van der Waals surface area contributed by atoms with Gasteiger partial charge in [-0.15, -0.1) is 0 Å². The van der Waals surface area contributed by atoms with Crippen molar-refractivity contribution >= 4 is 17.6 Å². The van der Waals surface area contributed by atoms with E-state index >= 15 is 0 Å². The number of benzene rings is 2. The molecule has 0 fully saturated rings. The number of carbonyl (C=O) groups is 1. The summed E-state index contributed by atoms with van der Waals surface area (Å²) in [5.41, 5.74) is 3.06. The molecule has 0 aliphatic heterocycles. The Hall–Kier alpha value is -2.86. The normalized spacial score (nSPS) is 11.3. The van der Waals surface area contributed by atoms with Gasteiger partial charge in [0.15, 0.2) is 5.96 Å². The predicted molar refractivity (Wildman–Crippen MR) is 107 cm³/mol. The van der Waals surface area contributed by atoms with Crippen molar-refractivity contribution in [3.05, 3.63) is 65.7 Å². The Morgan fingerprint density at radius 2 is 1.62 bits per heavy atom. The zero-order chi connectivity index (χ0) is 18.8. The molecule has 0 aromatic heterocycles. The van der Waals surface area contributed by atoms with Gasteiger partial charge >= 0.3 is 0 Å². The standard InChI is InChI=1S/C20H27N5O/c1-21-20(22-13-16-8-5-4-6-9-16)23-14-17-10-7-11-18(12-17)24-19(26)15-25(2)3/h4-12H,13-15H2,1-3H3,(H,24,26)(H2,21,22,23). The van der Waals surface area contributed by atoms with Gasteiger partial charge in [0.1, 0.15) is 0 Å². The molecule has 0 radical (unpaired) electrons. The van der Waals surface area contributed by atoms with Gasteiger partial charge in [-0.25, -0.2) is 0 Å². The average molecular weight is 353 g/mol. The maximum absolute atomic E-state index is 11.9. The van der Waals surface area contributed by atoms with Gasteiger partial charge in [0.05, 0.1) is 6.54 Å². The van der Waals surface area contributed by atoms with Crippen LogP contribution in [0.4, 0.5) is 5.69 Å². The van der Waals surface area contributed by atoms with Crippen LogP contribution in [0.5, 0.6) is 0 Å². The van der Waals surface area contributed by atoms with Gasteiger partial charge in [-0.3, -0.25) is 9.79 Å². The van der Waals surface area contributed by atoms with Crippen LogP contribution in [0.25, 0.3) is 0 Å². The molecule has 0 saturated carbocycles. The van der Waals surface area contributed by atoms with Crippen LogP contribution in [-0.4, -0.2) is 44.5 Å². The zero-order valence-corrected chi connectivity index (χ0v) is 15.6. The zero-order valence-electron chi connectivity index (χ0n) is 15.6. The van der Waals surface area contributed by atoms with Gasteiger partial charge in [-0.2, -0.15) is 0 Å². The number of rotatable bonds is 7. The number of hydrogen-bond acceptors (Lipinski definition) is 3. The fraction of sp³-hybridized carbons (Fsp3) is 0.300. The Balaban J connectivity index is 1.85. The van der Waals surface area contributed by atoms with E-state index in [0.717, 1.165) is 17.2 Å². The lowest BCUT2D eigenvalue weighted by Crippen LogP contribution is -2.36. The summed E-state index contributed by atoms with van der Waals surface area (Å²) in [5, 5.41) is 9.48. The third-order valence-electron chi connectivity index (χ3n) is 3.66. The van der Waals surface area contributed by atoms with E-state index in [-0.39, 0.29) is 5.91 Å². The van der Waals surface area contributed by atoms with Crippen molar-refractivity contribution in [1.82, 2.24) is 15.5 Å². The van der Waals surface area contributed by atoms with Crippen LogP contribution in [0.2, 0.25) is 0 Å². The molecular formula is C20H27N5O. The summed E-state index contributed by atoms with van der Waals surface area (Å²) in [6, 6.07) is 18.0. The van der Waals surface area contributed by atoms with Crippen molar-refractivity contribution in [3.63, 3.8) is 0 Å². The first-order valence-corrected chi connectivity index (χ1v) is 8.59. The molecule has 6 heteroatoms. The van der Waals surface area contributed by atoms with Crippen molar-refractivity contribution in [2.45, 2.75) is 13.1 Å². The number of nitrogens with one attached hydrogen (secondary N) is 3. The molecule has 0 spiro atoms. The smallest absolute Gasteiger partial charge is 0.238 e. The summed E-state index contributed by atoms with van der Waals surface area (Å²) < 4.78 is 0. The third kappa shape index (κ3) is 6.94. The number of anilines is 1. The number of nitrogens with zero attached hydrogens (tertiary/aromatic N) is 2. The Labute approximate surface area is 155 Å². The van der Waals surface area contributed by atoms with Crippen molar-refractivity contribution in [3.8, 4) is 0 Å². The van der Waals surface area contributed by atoms with E-state index in [1.54, 1.807) is 7.05 Å².